The smallest absolute Gasteiger partial charge is 0.246 e. The molecule has 8 heteroatoms. The van der Waals surface area contributed by atoms with Crippen molar-refractivity contribution in [2.24, 2.45) is 5.92 Å². The molecule has 0 unspecified atom stereocenters. The summed E-state index contributed by atoms with van der Waals surface area (Å²) in [5, 5.41) is 3.36. The summed E-state index contributed by atoms with van der Waals surface area (Å²) < 4.78 is 32.7. The van der Waals surface area contributed by atoms with Crippen molar-refractivity contribution in [3.8, 4) is 5.75 Å². The minimum atomic E-state index is -3.75. The van der Waals surface area contributed by atoms with Gasteiger partial charge in [0.25, 0.3) is 0 Å². The number of nitrogens with zero attached hydrogens (tertiary/aromatic N) is 1. The average molecular weight is 437 g/mol. The molecule has 0 spiro atoms. The maximum Gasteiger partial charge on any atom is 0.246 e. The molecule has 1 aliphatic rings. The number of carbonyl (C=O) groups is 1. The van der Waals surface area contributed by atoms with E-state index in [0.29, 0.717) is 17.9 Å². The van der Waals surface area contributed by atoms with Crippen LogP contribution in [0.2, 0.25) is 5.02 Å². The molecule has 6 nitrogen and oxygen atoms in total. The van der Waals surface area contributed by atoms with E-state index in [2.05, 4.69) is 5.32 Å². The number of amides is 1. The molecule has 1 N–H and O–H groups in total. The van der Waals surface area contributed by atoms with Gasteiger partial charge in [0.15, 0.2) is 0 Å². The number of piperidine rings is 1. The van der Waals surface area contributed by atoms with E-state index in [1.165, 1.54) is 17.5 Å². The summed E-state index contributed by atoms with van der Waals surface area (Å²) in [4.78, 5) is 12.7. The molecule has 0 saturated carbocycles. The Hall–Kier alpha value is -2.09. The lowest BCUT2D eigenvalue weighted by Gasteiger charge is -2.31. The van der Waals surface area contributed by atoms with Crippen molar-refractivity contribution in [3.05, 3.63) is 59.1 Å². The summed E-state index contributed by atoms with van der Waals surface area (Å²) in [6.07, 6.45) is 0.935. The molecule has 1 aliphatic heterocycles. The fourth-order valence-electron chi connectivity index (χ4n) is 3.51. The molecule has 1 amide bonds. The van der Waals surface area contributed by atoms with Crippen molar-refractivity contribution < 1.29 is 17.9 Å². The zero-order valence-electron chi connectivity index (χ0n) is 16.5. The molecule has 156 valence electrons. The van der Waals surface area contributed by atoms with Gasteiger partial charge in [-0.1, -0.05) is 41.9 Å². The number of sulfonamides is 1. The van der Waals surface area contributed by atoms with Crippen molar-refractivity contribution in [2.45, 2.75) is 30.7 Å². The summed E-state index contributed by atoms with van der Waals surface area (Å²) in [5.74, 6) is -0.00133. The Labute approximate surface area is 176 Å². The molecule has 2 aromatic rings. The number of halogens is 1. The third-order valence-electron chi connectivity index (χ3n) is 5.23. The van der Waals surface area contributed by atoms with E-state index in [1.54, 1.807) is 12.1 Å². The molecule has 1 saturated heterocycles. The van der Waals surface area contributed by atoms with Crippen LogP contribution in [-0.4, -0.2) is 38.8 Å². The fourth-order valence-corrected chi connectivity index (χ4v) is 5.39. The number of rotatable bonds is 6. The average Bonchev–Trinajstić information content (AvgIpc) is 2.74. The minimum Gasteiger partial charge on any atom is -0.495 e. The maximum atomic E-state index is 13.0. The Bertz CT molecular complexity index is 958. The molecule has 0 aromatic heterocycles. The molecule has 29 heavy (non-hydrogen) atoms. The lowest BCUT2D eigenvalue weighted by Crippen LogP contribution is -2.43. The standard InChI is InChI=1S/C21H25ClN2O4S/c1-15(16-6-4-3-5-7-16)23-21(25)17-10-12-24(13-11-17)29(26,27)20-14-18(22)8-9-19(20)28-2/h3-9,14-15,17H,10-13H2,1-2H3,(H,23,25)/t15-/m0/s1. The molecule has 1 fully saturated rings. The molecule has 0 radical (unpaired) electrons. The highest BCUT2D eigenvalue weighted by atomic mass is 35.5. The van der Waals surface area contributed by atoms with Gasteiger partial charge in [0.05, 0.1) is 13.2 Å². The first-order valence-electron chi connectivity index (χ1n) is 9.52. The number of ether oxygens (including phenoxy) is 1. The van der Waals surface area contributed by atoms with Crippen molar-refractivity contribution in [1.82, 2.24) is 9.62 Å². The van der Waals surface area contributed by atoms with Gasteiger partial charge in [-0.15, -0.1) is 0 Å². The molecule has 0 bridgehead atoms. The van der Waals surface area contributed by atoms with E-state index in [4.69, 9.17) is 16.3 Å². The third-order valence-corrected chi connectivity index (χ3v) is 7.38. The van der Waals surface area contributed by atoms with Crippen LogP contribution in [-0.2, 0) is 14.8 Å². The van der Waals surface area contributed by atoms with Crippen LogP contribution in [0.3, 0.4) is 0 Å². The SMILES string of the molecule is COc1ccc(Cl)cc1S(=O)(=O)N1CCC(C(=O)N[C@@H](C)c2ccccc2)CC1. The van der Waals surface area contributed by atoms with E-state index in [0.717, 1.165) is 5.56 Å². The summed E-state index contributed by atoms with van der Waals surface area (Å²) in [6, 6.07) is 14.2. The highest BCUT2D eigenvalue weighted by Gasteiger charge is 2.34. The van der Waals surface area contributed by atoms with Gasteiger partial charge in [0.1, 0.15) is 10.6 Å². The van der Waals surface area contributed by atoms with Gasteiger partial charge in [-0.2, -0.15) is 4.31 Å². The van der Waals surface area contributed by atoms with E-state index in [1.807, 2.05) is 37.3 Å². The Morgan fingerprint density at radius 3 is 2.45 bits per heavy atom. The van der Waals surface area contributed by atoms with Gasteiger partial charge in [-0.3, -0.25) is 4.79 Å². The molecule has 3 rings (SSSR count). The van der Waals surface area contributed by atoms with Crippen LogP contribution in [0.5, 0.6) is 5.75 Å². The highest BCUT2D eigenvalue weighted by molar-refractivity contribution is 7.89. The van der Waals surface area contributed by atoms with E-state index < -0.39 is 10.0 Å². The van der Waals surface area contributed by atoms with Gasteiger partial charge in [0, 0.05) is 24.0 Å². The molecule has 2 aromatic carbocycles. The van der Waals surface area contributed by atoms with Crippen molar-refractivity contribution in [3.63, 3.8) is 0 Å². The van der Waals surface area contributed by atoms with Gasteiger partial charge in [0.2, 0.25) is 15.9 Å². The molecule has 1 atom stereocenters. The van der Waals surface area contributed by atoms with Crippen LogP contribution >= 0.6 is 11.6 Å². The lowest BCUT2D eigenvalue weighted by molar-refractivity contribution is -0.126. The van der Waals surface area contributed by atoms with Crippen LogP contribution in [0.15, 0.2) is 53.4 Å². The second kappa shape index (κ2) is 9.15. The largest absolute Gasteiger partial charge is 0.495 e. The molecule has 1 heterocycles. The summed E-state index contributed by atoms with van der Waals surface area (Å²) in [6.45, 7) is 2.49. The molecular formula is C21H25ClN2O4S. The first-order chi connectivity index (χ1) is 13.8. The summed E-state index contributed by atoms with van der Waals surface area (Å²) >= 11 is 5.99. The predicted molar refractivity (Wildman–Crippen MR) is 112 cm³/mol. The van der Waals surface area contributed by atoms with Gasteiger partial charge in [-0.25, -0.2) is 8.42 Å². The number of nitrogens with one attached hydrogen (secondary N) is 1. The van der Waals surface area contributed by atoms with Crippen LogP contribution in [0.1, 0.15) is 31.4 Å². The van der Waals surface area contributed by atoms with Gasteiger partial charge in [-0.05, 0) is 43.5 Å². The number of hydrogen-bond acceptors (Lipinski definition) is 4. The fraction of sp³-hybridized carbons (Fsp3) is 0.381. The highest BCUT2D eigenvalue weighted by Crippen LogP contribution is 2.32. The summed E-state index contributed by atoms with van der Waals surface area (Å²) in [5.41, 5.74) is 1.04. The van der Waals surface area contributed by atoms with E-state index in [-0.39, 0.29) is 41.6 Å². The van der Waals surface area contributed by atoms with Gasteiger partial charge < -0.3 is 10.1 Å². The second-order valence-corrected chi connectivity index (χ2v) is 9.46. The number of benzene rings is 2. The minimum absolute atomic E-state index is 0.0428. The van der Waals surface area contributed by atoms with Crippen molar-refractivity contribution in [2.75, 3.05) is 20.2 Å². The van der Waals surface area contributed by atoms with Crippen LogP contribution < -0.4 is 10.1 Å². The predicted octanol–water partition coefficient (Wildman–Crippen LogP) is 3.63. The number of carbonyl (C=O) groups excluding carboxylic acids is 1. The Kier molecular flexibility index (Phi) is 6.82. The van der Waals surface area contributed by atoms with Crippen molar-refractivity contribution in [1.29, 1.82) is 0 Å². The first kappa shape index (κ1) is 21.6. The Balaban J connectivity index is 1.64. The molecular weight excluding hydrogens is 412 g/mol. The maximum absolute atomic E-state index is 13.0. The monoisotopic (exact) mass is 436 g/mol. The van der Waals surface area contributed by atoms with Crippen LogP contribution in [0, 0.1) is 5.92 Å². The van der Waals surface area contributed by atoms with Crippen LogP contribution in [0.4, 0.5) is 0 Å². The Morgan fingerprint density at radius 1 is 1.17 bits per heavy atom. The topological polar surface area (TPSA) is 75.7 Å². The quantitative estimate of drug-likeness (QED) is 0.750. The molecule has 0 aliphatic carbocycles. The van der Waals surface area contributed by atoms with Crippen molar-refractivity contribution >= 4 is 27.5 Å². The third kappa shape index (κ3) is 4.91. The number of hydrogen-bond donors (Lipinski definition) is 1. The zero-order valence-corrected chi connectivity index (χ0v) is 18.0. The summed E-state index contributed by atoms with van der Waals surface area (Å²) in [7, 11) is -2.33. The second-order valence-electron chi connectivity index (χ2n) is 7.11. The Morgan fingerprint density at radius 2 is 1.83 bits per heavy atom. The van der Waals surface area contributed by atoms with Crippen LogP contribution in [0.25, 0.3) is 0 Å². The number of methoxy groups -OCH3 is 1. The first-order valence-corrected chi connectivity index (χ1v) is 11.3. The van der Waals surface area contributed by atoms with E-state index in [9.17, 15) is 13.2 Å². The zero-order chi connectivity index (χ0) is 21.0. The van der Waals surface area contributed by atoms with Gasteiger partial charge >= 0.3 is 0 Å². The normalized spacial score (nSPS) is 16.9. The van der Waals surface area contributed by atoms with E-state index >= 15 is 0 Å². The lowest BCUT2D eigenvalue weighted by atomic mass is 9.96.